The Hall–Kier alpha value is -1.51. The van der Waals surface area contributed by atoms with Gasteiger partial charge < -0.3 is 14.8 Å². The van der Waals surface area contributed by atoms with Gasteiger partial charge in [-0.15, -0.1) is 0 Å². The van der Waals surface area contributed by atoms with Gasteiger partial charge in [0.2, 0.25) is 15.9 Å². The molecule has 0 heterocycles. The van der Waals surface area contributed by atoms with E-state index in [4.69, 9.17) is 21.1 Å². The predicted octanol–water partition coefficient (Wildman–Crippen LogP) is 0.877. The van der Waals surface area contributed by atoms with Crippen LogP contribution in [0.3, 0.4) is 0 Å². The van der Waals surface area contributed by atoms with E-state index in [0.29, 0.717) is 18.9 Å². The Morgan fingerprint density at radius 3 is 2.55 bits per heavy atom. The number of hydrogen-bond acceptors (Lipinski definition) is 5. The van der Waals surface area contributed by atoms with E-state index in [0.717, 1.165) is 10.6 Å². The van der Waals surface area contributed by atoms with Crippen molar-refractivity contribution in [1.29, 1.82) is 0 Å². The van der Waals surface area contributed by atoms with Crippen molar-refractivity contribution >= 4 is 33.2 Å². The third kappa shape index (κ3) is 5.36. The van der Waals surface area contributed by atoms with Crippen LogP contribution in [0.2, 0.25) is 5.02 Å². The number of sulfonamides is 1. The number of rotatable bonds is 8. The van der Waals surface area contributed by atoms with Gasteiger partial charge in [-0.3, -0.25) is 9.10 Å². The number of nitrogens with zero attached hydrogens (tertiary/aromatic N) is 1. The molecular formula is C13H19ClN2O5S. The van der Waals surface area contributed by atoms with E-state index >= 15 is 0 Å². The van der Waals surface area contributed by atoms with Gasteiger partial charge in [-0.25, -0.2) is 8.42 Å². The van der Waals surface area contributed by atoms with Crippen LogP contribution in [0.1, 0.15) is 0 Å². The lowest BCUT2D eigenvalue weighted by atomic mass is 10.3. The lowest BCUT2D eigenvalue weighted by Crippen LogP contribution is -2.41. The van der Waals surface area contributed by atoms with Crippen molar-refractivity contribution in [2.24, 2.45) is 0 Å². The van der Waals surface area contributed by atoms with Gasteiger partial charge in [0.1, 0.15) is 12.3 Å². The fraction of sp³-hybridized carbons (Fsp3) is 0.462. The summed E-state index contributed by atoms with van der Waals surface area (Å²) >= 11 is 6.00. The summed E-state index contributed by atoms with van der Waals surface area (Å²) < 4.78 is 34.6. The summed E-state index contributed by atoms with van der Waals surface area (Å²) in [5, 5.41) is 2.82. The van der Waals surface area contributed by atoms with Crippen molar-refractivity contribution in [3.63, 3.8) is 0 Å². The number of carbonyl (C=O) groups excluding carboxylic acids is 1. The summed E-state index contributed by atoms with van der Waals surface area (Å²) in [5.74, 6) is -0.0159. The molecule has 0 saturated heterocycles. The summed E-state index contributed by atoms with van der Waals surface area (Å²) in [7, 11) is -0.673. The standard InChI is InChI=1S/C13H19ClN2O5S/c1-20-7-6-15-13(17)9-16(22(3,18)19)10-4-5-12(21-2)11(14)8-10/h4-5,8H,6-7,9H2,1-3H3,(H,15,17). The van der Waals surface area contributed by atoms with E-state index < -0.39 is 15.9 Å². The molecule has 0 unspecified atom stereocenters. The first-order chi connectivity index (χ1) is 10.3. The molecule has 0 aliphatic carbocycles. The second kappa shape index (κ2) is 8.21. The molecule has 124 valence electrons. The molecule has 1 amide bonds. The van der Waals surface area contributed by atoms with Gasteiger partial charge >= 0.3 is 0 Å². The minimum Gasteiger partial charge on any atom is -0.495 e. The van der Waals surface area contributed by atoms with Crippen LogP contribution in [0.5, 0.6) is 5.75 Å². The third-order valence-electron chi connectivity index (χ3n) is 2.74. The topological polar surface area (TPSA) is 84.9 Å². The molecule has 0 spiro atoms. The average molecular weight is 351 g/mol. The van der Waals surface area contributed by atoms with Gasteiger partial charge in [-0.05, 0) is 18.2 Å². The molecule has 0 fully saturated rings. The number of anilines is 1. The van der Waals surface area contributed by atoms with Gasteiger partial charge in [0.25, 0.3) is 0 Å². The molecule has 0 radical (unpaired) electrons. The van der Waals surface area contributed by atoms with Crippen LogP contribution >= 0.6 is 11.6 Å². The smallest absolute Gasteiger partial charge is 0.240 e. The van der Waals surface area contributed by atoms with Crippen molar-refractivity contribution in [1.82, 2.24) is 5.32 Å². The fourth-order valence-electron chi connectivity index (χ4n) is 1.69. The molecule has 0 aromatic heterocycles. The summed E-state index contributed by atoms with van der Waals surface area (Å²) in [6.07, 6.45) is 1.02. The molecule has 1 N–H and O–H groups in total. The zero-order valence-electron chi connectivity index (χ0n) is 12.6. The second-order valence-electron chi connectivity index (χ2n) is 4.43. The van der Waals surface area contributed by atoms with Gasteiger partial charge in [0, 0.05) is 13.7 Å². The summed E-state index contributed by atoms with van der Waals surface area (Å²) in [6, 6.07) is 4.50. The van der Waals surface area contributed by atoms with Crippen molar-refractivity contribution < 1.29 is 22.7 Å². The number of nitrogens with one attached hydrogen (secondary N) is 1. The maximum absolute atomic E-state index is 11.9. The number of amides is 1. The van der Waals surface area contributed by atoms with Crippen molar-refractivity contribution in [2.45, 2.75) is 0 Å². The molecule has 9 heteroatoms. The minimum atomic E-state index is -3.64. The molecule has 0 atom stereocenters. The van der Waals surface area contributed by atoms with E-state index in [9.17, 15) is 13.2 Å². The molecule has 0 aliphatic rings. The quantitative estimate of drug-likeness (QED) is 0.703. The van der Waals surface area contributed by atoms with Crippen LogP contribution < -0.4 is 14.4 Å². The Morgan fingerprint density at radius 2 is 2.05 bits per heavy atom. The van der Waals surface area contributed by atoms with Crippen LogP contribution in [0.4, 0.5) is 5.69 Å². The number of benzene rings is 1. The van der Waals surface area contributed by atoms with E-state index in [1.165, 1.54) is 26.4 Å². The highest BCUT2D eigenvalue weighted by atomic mass is 35.5. The molecule has 1 aromatic carbocycles. The average Bonchev–Trinajstić information content (AvgIpc) is 2.44. The predicted molar refractivity (Wildman–Crippen MR) is 85.1 cm³/mol. The van der Waals surface area contributed by atoms with Gasteiger partial charge in [-0.1, -0.05) is 11.6 Å². The molecule has 7 nitrogen and oxygen atoms in total. The first kappa shape index (κ1) is 18.5. The molecule has 1 rings (SSSR count). The Kier molecular flexibility index (Phi) is 6.92. The molecular weight excluding hydrogens is 332 g/mol. The molecule has 0 saturated carbocycles. The summed E-state index contributed by atoms with van der Waals surface area (Å²) in [6.45, 7) is 0.306. The second-order valence-corrected chi connectivity index (χ2v) is 6.75. The van der Waals surface area contributed by atoms with E-state index in [2.05, 4.69) is 5.32 Å². The van der Waals surface area contributed by atoms with Crippen LogP contribution in [0, 0.1) is 0 Å². The zero-order valence-corrected chi connectivity index (χ0v) is 14.2. The number of carbonyl (C=O) groups is 1. The SMILES string of the molecule is COCCNC(=O)CN(c1ccc(OC)c(Cl)c1)S(C)(=O)=O. The normalized spacial score (nSPS) is 11.1. The largest absolute Gasteiger partial charge is 0.495 e. The Labute approximate surface area is 135 Å². The highest BCUT2D eigenvalue weighted by molar-refractivity contribution is 7.92. The Balaban J connectivity index is 2.95. The number of methoxy groups -OCH3 is 2. The van der Waals surface area contributed by atoms with Crippen LogP contribution in [0.25, 0.3) is 0 Å². The highest BCUT2D eigenvalue weighted by Gasteiger charge is 2.21. The maximum Gasteiger partial charge on any atom is 0.240 e. The minimum absolute atomic E-state index is 0.258. The number of ether oxygens (including phenoxy) is 2. The van der Waals surface area contributed by atoms with Crippen LogP contribution in [-0.2, 0) is 19.6 Å². The van der Waals surface area contributed by atoms with Gasteiger partial charge in [-0.2, -0.15) is 0 Å². The lowest BCUT2D eigenvalue weighted by molar-refractivity contribution is -0.119. The zero-order chi connectivity index (χ0) is 16.8. The first-order valence-electron chi connectivity index (χ1n) is 6.36. The lowest BCUT2D eigenvalue weighted by Gasteiger charge is -2.22. The highest BCUT2D eigenvalue weighted by Crippen LogP contribution is 2.30. The number of halogens is 1. The molecule has 0 bridgehead atoms. The van der Waals surface area contributed by atoms with Crippen molar-refractivity contribution in [3.8, 4) is 5.75 Å². The van der Waals surface area contributed by atoms with Crippen LogP contribution in [0.15, 0.2) is 18.2 Å². The molecule has 22 heavy (non-hydrogen) atoms. The molecule has 0 aliphatic heterocycles. The monoisotopic (exact) mass is 350 g/mol. The van der Waals surface area contributed by atoms with E-state index in [-0.39, 0.29) is 17.3 Å². The molecule has 1 aromatic rings. The third-order valence-corrected chi connectivity index (χ3v) is 4.18. The Morgan fingerprint density at radius 1 is 1.36 bits per heavy atom. The van der Waals surface area contributed by atoms with Crippen LogP contribution in [-0.4, -0.2) is 54.5 Å². The Bertz CT molecular complexity index is 621. The van der Waals surface area contributed by atoms with E-state index in [1.807, 2.05) is 0 Å². The number of hydrogen-bond donors (Lipinski definition) is 1. The van der Waals surface area contributed by atoms with Crippen molar-refractivity contribution in [3.05, 3.63) is 23.2 Å². The van der Waals surface area contributed by atoms with E-state index in [1.54, 1.807) is 6.07 Å². The summed E-state index contributed by atoms with van der Waals surface area (Å²) in [4.78, 5) is 11.8. The fourth-order valence-corrected chi connectivity index (χ4v) is 2.79. The van der Waals surface area contributed by atoms with Gasteiger partial charge in [0.15, 0.2) is 0 Å². The van der Waals surface area contributed by atoms with Gasteiger partial charge in [0.05, 0.1) is 30.7 Å². The maximum atomic E-state index is 11.9. The summed E-state index contributed by atoms with van der Waals surface area (Å²) in [5.41, 5.74) is 0.287. The van der Waals surface area contributed by atoms with Crippen molar-refractivity contribution in [2.75, 3.05) is 44.5 Å². The first-order valence-corrected chi connectivity index (χ1v) is 8.59.